The first-order valence-corrected chi connectivity index (χ1v) is 7.60. The molecule has 0 bridgehead atoms. The van der Waals surface area contributed by atoms with Crippen LogP contribution in [-0.2, 0) is 19.2 Å². The molecule has 1 aliphatic carbocycles. The van der Waals surface area contributed by atoms with Gasteiger partial charge in [0.2, 0.25) is 0 Å². The highest BCUT2D eigenvalue weighted by atomic mass is 16.4. The second kappa shape index (κ2) is 8.60. The molecule has 2 atom stereocenters. The molecule has 0 amide bonds. The number of rotatable bonds is 10. The Morgan fingerprint density at radius 1 is 0.750 bits per heavy atom. The van der Waals surface area contributed by atoms with Gasteiger partial charge >= 0.3 is 23.9 Å². The maximum Gasteiger partial charge on any atom is 0.321 e. The minimum Gasteiger partial charge on any atom is -0.481 e. The molecule has 10 heteroatoms. The predicted octanol–water partition coefficient (Wildman–Crippen LogP) is -0.318. The number of carbonyl (C=O) groups is 4. The highest BCUT2D eigenvalue weighted by molar-refractivity contribution is 5.81. The van der Waals surface area contributed by atoms with Crippen LogP contribution < -0.4 is 10.6 Å². The highest BCUT2D eigenvalue weighted by Crippen LogP contribution is 2.28. The fourth-order valence-corrected chi connectivity index (χ4v) is 2.90. The lowest BCUT2D eigenvalue weighted by atomic mass is 9.87. The van der Waals surface area contributed by atoms with E-state index in [1.165, 1.54) is 0 Å². The average Bonchev–Trinajstić information content (AvgIpc) is 2.45. The third-order valence-corrected chi connectivity index (χ3v) is 3.96. The highest BCUT2D eigenvalue weighted by Gasteiger charge is 2.40. The molecule has 136 valence electrons. The Kier molecular flexibility index (Phi) is 7.11. The van der Waals surface area contributed by atoms with Crippen LogP contribution in [0.4, 0.5) is 0 Å². The summed E-state index contributed by atoms with van der Waals surface area (Å²) < 4.78 is 0. The van der Waals surface area contributed by atoms with Gasteiger partial charge in [-0.2, -0.15) is 0 Å². The number of hydrogen-bond donors (Lipinski definition) is 6. The molecule has 1 saturated carbocycles. The first-order valence-electron chi connectivity index (χ1n) is 7.60. The molecule has 1 rings (SSSR count). The lowest BCUT2D eigenvalue weighted by Gasteiger charge is -2.42. The molecule has 0 spiro atoms. The topological polar surface area (TPSA) is 173 Å². The van der Waals surface area contributed by atoms with Gasteiger partial charge in [0, 0.05) is 0 Å². The van der Waals surface area contributed by atoms with E-state index in [1.807, 2.05) is 0 Å². The van der Waals surface area contributed by atoms with Gasteiger partial charge in [0.1, 0.15) is 12.1 Å². The Morgan fingerprint density at radius 2 is 1.12 bits per heavy atom. The molecule has 0 aromatic rings. The van der Waals surface area contributed by atoms with Crippen molar-refractivity contribution in [2.45, 2.75) is 62.7 Å². The van der Waals surface area contributed by atoms with Gasteiger partial charge in [-0.1, -0.05) is 19.3 Å². The van der Waals surface area contributed by atoms with Crippen molar-refractivity contribution in [3.63, 3.8) is 0 Å². The molecular weight excluding hydrogens is 324 g/mol. The molecule has 1 aliphatic rings. The third kappa shape index (κ3) is 6.13. The zero-order chi connectivity index (χ0) is 18.3. The summed E-state index contributed by atoms with van der Waals surface area (Å²) in [5, 5.41) is 41.5. The standard InChI is InChI=1S/C14H22N2O8/c17-10(18)6-8(12(21)22)15-14(4-2-1-3-5-14)16-9(13(23)24)7-11(19)20/h8-9,15-16H,1-7H2,(H,17,18)(H,19,20)(H,21,22)(H,23,24)/t8-,9-/m0/s1. The van der Waals surface area contributed by atoms with Crippen molar-refractivity contribution in [2.75, 3.05) is 0 Å². The number of carboxylic acids is 4. The van der Waals surface area contributed by atoms with Crippen LogP contribution in [0, 0.1) is 0 Å². The van der Waals surface area contributed by atoms with Crippen molar-refractivity contribution < 1.29 is 39.6 Å². The van der Waals surface area contributed by atoms with E-state index in [1.54, 1.807) is 0 Å². The molecule has 0 aromatic heterocycles. The van der Waals surface area contributed by atoms with Gasteiger partial charge in [-0.05, 0) is 12.8 Å². The lowest BCUT2D eigenvalue weighted by Crippen LogP contribution is -2.66. The van der Waals surface area contributed by atoms with Gasteiger partial charge < -0.3 is 20.4 Å². The first-order chi connectivity index (χ1) is 11.1. The van der Waals surface area contributed by atoms with Crippen LogP contribution in [0.1, 0.15) is 44.9 Å². The summed E-state index contributed by atoms with van der Waals surface area (Å²) in [6.07, 6.45) is 1.64. The van der Waals surface area contributed by atoms with Gasteiger partial charge in [-0.3, -0.25) is 29.8 Å². The molecule has 0 aromatic carbocycles. The Bertz CT molecular complexity index is 463. The molecule has 0 aliphatic heterocycles. The molecule has 0 saturated heterocycles. The summed E-state index contributed by atoms with van der Waals surface area (Å²) in [5.74, 6) is -5.34. The molecule has 6 N–H and O–H groups in total. The average molecular weight is 346 g/mol. The lowest BCUT2D eigenvalue weighted by molar-refractivity contribution is -0.148. The number of nitrogens with one attached hydrogen (secondary N) is 2. The monoisotopic (exact) mass is 346 g/mol. The van der Waals surface area contributed by atoms with Gasteiger partial charge in [-0.15, -0.1) is 0 Å². The van der Waals surface area contributed by atoms with Gasteiger partial charge in [0.05, 0.1) is 18.5 Å². The van der Waals surface area contributed by atoms with E-state index in [2.05, 4.69) is 10.6 Å². The van der Waals surface area contributed by atoms with E-state index in [9.17, 15) is 29.4 Å². The van der Waals surface area contributed by atoms with E-state index in [-0.39, 0.29) is 0 Å². The molecule has 1 fully saturated rings. The first kappa shape index (κ1) is 19.8. The number of carboxylic acid groups (broad SMARTS) is 4. The van der Waals surface area contributed by atoms with Crippen LogP contribution >= 0.6 is 0 Å². The quantitative estimate of drug-likeness (QED) is 0.288. The second-order valence-corrected chi connectivity index (χ2v) is 5.91. The normalized spacial score (nSPS) is 19.2. The van der Waals surface area contributed by atoms with Crippen LogP contribution in [0.15, 0.2) is 0 Å². The van der Waals surface area contributed by atoms with E-state index >= 15 is 0 Å². The second-order valence-electron chi connectivity index (χ2n) is 5.91. The number of aliphatic carboxylic acids is 4. The van der Waals surface area contributed by atoms with Crippen molar-refractivity contribution in [3.8, 4) is 0 Å². The smallest absolute Gasteiger partial charge is 0.321 e. The maximum absolute atomic E-state index is 11.3. The Balaban J connectivity index is 2.99. The zero-order valence-electron chi connectivity index (χ0n) is 13.0. The van der Waals surface area contributed by atoms with Crippen LogP contribution in [-0.4, -0.2) is 62.0 Å². The van der Waals surface area contributed by atoms with Crippen molar-refractivity contribution in [2.24, 2.45) is 0 Å². The predicted molar refractivity (Wildman–Crippen MR) is 79.4 cm³/mol. The van der Waals surface area contributed by atoms with E-state index in [0.29, 0.717) is 25.7 Å². The number of hydrogen-bond acceptors (Lipinski definition) is 6. The summed E-state index contributed by atoms with van der Waals surface area (Å²) in [5.41, 5.74) is -1.13. The minimum atomic E-state index is -1.41. The maximum atomic E-state index is 11.3. The third-order valence-electron chi connectivity index (χ3n) is 3.96. The Hall–Kier alpha value is -2.20. The van der Waals surface area contributed by atoms with Crippen LogP contribution in [0.5, 0.6) is 0 Å². The molecule has 0 unspecified atom stereocenters. The Morgan fingerprint density at radius 3 is 1.42 bits per heavy atom. The largest absolute Gasteiger partial charge is 0.481 e. The van der Waals surface area contributed by atoms with E-state index in [4.69, 9.17) is 10.2 Å². The van der Waals surface area contributed by atoms with Gasteiger partial charge in [0.25, 0.3) is 0 Å². The van der Waals surface area contributed by atoms with Gasteiger partial charge in [-0.25, -0.2) is 0 Å². The molecular formula is C14H22N2O8. The van der Waals surface area contributed by atoms with E-state index < -0.39 is 54.5 Å². The van der Waals surface area contributed by atoms with Crippen LogP contribution in [0.2, 0.25) is 0 Å². The summed E-state index contributed by atoms with van der Waals surface area (Å²) in [6, 6.07) is -2.82. The summed E-state index contributed by atoms with van der Waals surface area (Å²) in [6.45, 7) is 0. The fourth-order valence-electron chi connectivity index (χ4n) is 2.90. The summed E-state index contributed by atoms with van der Waals surface area (Å²) in [7, 11) is 0. The Labute approximate surface area is 137 Å². The van der Waals surface area contributed by atoms with Crippen LogP contribution in [0.3, 0.4) is 0 Å². The van der Waals surface area contributed by atoms with Crippen molar-refractivity contribution in [3.05, 3.63) is 0 Å². The summed E-state index contributed by atoms with van der Waals surface area (Å²) >= 11 is 0. The van der Waals surface area contributed by atoms with Crippen molar-refractivity contribution in [1.29, 1.82) is 0 Å². The molecule has 10 nitrogen and oxygen atoms in total. The molecule has 24 heavy (non-hydrogen) atoms. The van der Waals surface area contributed by atoms with E-state index in [0.717, 1.165) is 6.42 Å². The van der Waals surface area contributed by atoms with Crippen molar-refractivity contribution >= 4 is 23.9 Å². The minimum absolute atomic E-state index is 0.375. The van der Waals surface area contributed by atoms with Crippen molar-refractivity contribution in [1.82, 2.24) is 10.6 Å². The van der Waals surface area contributed by atoms with Crippen LogP contribution in [0.25, 0.3) is 0 Å². The molecule has 0 radical (unpaired) electrons. The summed E-state index contributed by atoms with van der Waals surface area (Å²) in [4.78, 5) is 44.2. The van der Waals surface area contributed by atoms with Gasteiger partial charge in [0.15, 0.2) is 0 Å². The zero-order valence-corrected chi connectivity index (χ0v) is 13.0. The fraction of sp³-hybridized carbons (Fsp3) is 0.714. The SMILES string of the molecule is O=C(O)C[C@H](NC1(N[C@@H](CC(=O)O)C(=O)O)CCCCC1)C(=O)O. The molecule has 0 heterocycles.